The van der Waals surface area contributed by atoms with Gasteiger partial charge in [-0.15, -0.1) is 0 Å². The fourth-order valence-electron chi connectivity index (χ4n) is 3.82. The van der Waals surface area contributed by atoms with Crippen molar-refractivity contribution in [2.24, 2.45) is 0 Å². The van der Waals surface area contributed by atoms with Gasteiger partial charge < -0.3 is 10.2 Å². The molecular weight excluding hydrogens is 416 g/mol. The highest BCUT2D eigenvalue weighted by atomic mass is 15.2. The van der Waals surface area contributed by atoms with Crippen LogP contribution in [0.1, 0.15) is 43.5 Å². The van der Waals surface area contributed by atoms with Gasteiger partial charge in [0, 0.05) is 18.1 Å². The minimum atomic E-state index is 0.0963. The predicted molar refractivity (Wildman–Crippen MR) is 146 cm³/mol. The van der Waals surface area contributed by atoms with Crippen LogP contribution in [-0.2, 0) is 0 Å². The first-order chi connectivity index (χ1) is 16.5. The second kappa shape index (κ2) is 11.8. The largest absolute Gasteiger partial charge is 0.348 e. The molecule has 0 fully saturated rings. The van der Waals surface area contributed by atoms with Crippen LogP contribution < -0.4 is 10.2 Å². The number of nitrogens with zero attached hydrogens (tertiary/aromatic N) is 3. The highest BCUT2D eigenvalue weighted by molar-refractivity contribution is 5.73. The molecular formula is C30H34N4. The van der Waals surface area contributed by atoms with E-state index in [4.69, 9.17) is 4.98 Å². The van der Waals surface area contributed by atoms with Gasteiger partial charge in [0.1, 0.15) is 5.82 Å². The molecule has 34 heavy (non-hydrogen) atoms. The summed E-state index contributed by atoms with van der Waals surface area (Å²) in [4.78, 5) is 11.2. The van der Waals surface area contributed by atoms with Crippen molar-refractivity contribution in [1.82, 2.24) is 9.97 Å². The summed E-state index contributed by atoms with van der Waals surface area (Å²) in [7, 11) is 0. The van der Waals surface area contributed by atoms with Gasteiger partial charge in [-0.1, -0.05) is 86.7 Å². The first kappa shape index (κ1) is 24.7. The first-order valence-corrected chi connectivity index (χ1v) is 11.8. The molecule has 4 aromatic rings. The standard InChI is InChI=1S/C28H28N4.C2H6/c1-5-32(26-15-14-25(19-21(26)3)24-13-9-10-20(2)18-24)27-16-17-29-28(31-27)30-22(4)23-11-7-6-8-12-23;1-2/h5-19,22H,1H2,2-4H3,(H,29,30,31);1-2H3/t22-;/m0./s1. The van der Waals surface area contributed by atoms with E-state index in [1.165, 1.54) is 22.3 Å². The summed E-state index contributed by atoms with van der Waals surface area (Å²) in [5.41, 5.74) is 7.04. The summed E-state index contributed by atoms with van der Waals surface area (Å²) < 4.78 is 0. The third-order valence-corrected chi connectivity index (χ3v) is 5.52. The van der Waals surface area contributed by atoms with Crippen LogP contribution in [0.15, 0.2) is 97.8 Å². The molecule has 4 rings (SSSR count). The number of benzene rings is 3. The quantitative estimate of drug-likeness (QED) is 0.308. The molecule has 4 heteroatoms. The van der Waals surface area contributed by atoms with E-state index in [-0.39, 0.29) is 6.04 Å². The normalized spacial score (nSPS) is 11.1. The zero-order valence-electron chi connectivity index (χ0n) is 20.8. The molecule has 0 amide bonds. The molecule has 174 valence electrons. The molecule has 1 heterocycles. The number of hydrogen-bond acceptors (Lipinski definition) is 4. The van der Waals surface area contributed by atoms with E-state index in [0.717, 1.165) is 17.1 Å². The van der Waals surface area contributed by atoms with Crippen LogP contribution in [0, 0.1) is 13.8 Å². The fourth-order valence-corrected chi connectivity index (χ4v) is 3.82. The Morgan fingerprint density at radius 2 is 1.62 bits per heavy atom. The lowest BCUT2D eigenvalue weighted by Crippen LogP contribution is -2.14. The van der Waals surface area contributed by atoms with Crippen LogP contribution >= 0.6 is 0 Å². The molecule has 0 saturated carbocycles. The molecule has 0 aliphatic heterocycles. The molecule has 1 N–H and O–H groups in total. The number of aryl methyl sites for hydroxylation is 2. The van der Waals surface area contributed by atoms with Gasteiger partial charge >= 0.3 is 0 Å². The molecule has 3 aromatic carbocycles. The van der Waals surface area contributed by atoms with E-state index in [1.54, 1.807) is 12.4 Å². The Balaban J connectivity index is 0.00000158. The lowest BCUT2D eigenvalue weighted by Gasteiger charge is -2.23. The lowest BCUT2D eigenvalue weighted by molar-refractivity contribution is 0.859. The van der Waals surface area contributed by atoms with E-state index in [1.807, 2.05) is 43.0 Å². The zero-order chi connectivity index (χ0) is 24.5. The number of rotatable bonds is 7. The molecule has 0 unspecified atom stereocenters. The Bertz CT molecular complexity index is 1220. The van der Waals surface area contributed by atoms with Gasteiger partial charge in [-0.05, 0) is 61.2 Å². The minimum Gasteiger partial charge on any atom is -0.348 e. The molecule has 4 nitrogen and oxygen atoms in total. The zero-order valence-corrected chi connectivity index (χ0v) is 20.8. The van der Waals surface area contributed by atoms with Crippen molar-refractivity contribution in [1.29, 1.82) is 0 Å². The SMILES string of the molecule is C=CN(c1ccnc(N[C@@H](C)c2ccccc2)n1)c1ccc(-c2cccc(C)c2)cc1C.CC. The van der Waals surface area contributed by atoms with Gasteiger partial charge in [0.15, 0.2) is 0 Å². The maximum atomic E-state index is 4.75. The number of anilines is 3. The van der Waals surface area contributed by atoms with Gasteiger partial charge in [0.25, 0.3) is 0 Å². The van der Waals surface area contributed by atoms with Crippen molar-refractivity contribution in [2.45, 2.75) is 40.7 Å². The van der Waals surface area contributed by atoms with Crippen LogP contribution in [0.5, 0.6) is 0 Å². The highest BCUT2D eigenvalue weighted by Crippen LogP contribution is 2.32. The number of aromatic nitrogens is 2. The van der Waals surface area contributed by atoms with Gasteiger partial charge in [0.2, 0.25) is 5.95 Å². The van der Waals surface area contributed by atoms with Crippen LogP contribution in [-0.4, -0.2) is 9.97 Å². The lowest BCUT2D eigenvalue weighted by atomic mass is 10.0. The molecule has 1 atom stereocenters. The van der Waals surface area contributed by atoms with Gasteiger partial charge in [-0.25, -0.2) is 4.98 Å². The maximum absolute atomic E-state index is 4.75. The smallest absolute Gasteiger partial charge is 0.225 e. The average Bonchev–Trinajstić information content (AvgIpc) is 2.87. The van der Waals surface area contributed by atoms with Gasteiger partial charge in [-0.2, -0.15) is 4.98 Å². The third kappa shape index (κ3) is 5.90. The summed E-state index contributed by atoms with van der Waals surface area (Å²) >= 11 is 0. The van der Waals surface area contributed by atoms with Crippen molar-refractivity contribution in [3.63, 3.8) is 0 Å². The summed E-state index contributed by atoms with van der Waals surface area (Å²) in [6, 6.07) is 27.3. The summed E-state index contributed by atoms with van der Waals surface area (Å²) in [5, 5.41) is 3.40. The van der Waals surface area contributed by atoms with E-state index < -0.39 is 0 Å². The summed E-state index contributed by atoms with van der Waals surface area (Å²) in [6.45, 7) is 14.4. The molecule has 0 aliphatic carbocycles. The summed E-state index contributed by atoms with van der Waals surface area (Å²) in [6.07, 6.45) is 3.57. The Labute approximate surface area is 204 Å². The van der Waals surface area contributed by atoms with Crippen molar-refractivity contribution in [2.75, 3.05) is 10.2 Å². The Hall–Kier alpha value is -3.92. The van der Waals surface area contributed by atoms with Crippen LogP contribution in [0.2, 0.25) is 0 Å². The maximum Gasteiger partial charge on any atom is 0.225 e. The third-order valence-electron chi connectivity index (χ3n) is 5.52. The van der Waals surface area contributed by atoms with E-state index in [2.05, 4.69) is 92.2 Å². The van der Waals surface area contributed by atoms with Crippen molar-refractivity contribution >= 4 is 17.5 Å². The van der Waals surface area contributed by atoms with Crippen LogP contribution in [0.25, 0.3) is 11.1 Å². The Morgan fingerprint density at radius 1 is 0.882 bits per heavy atom. The topological polar surface area (TPSA) is 41.1 Å². The Kier molecular flexibility index (Phi) is 8.58. The number of nitrogens with one attached hydrogen (secondary N) is 1. The van der Waals surface area contributed by atoms with Crippen molar-refractivity contribution in [3.05, 3.63) is 115 Å². The minimum absolute atomic E-state index is 0.0963. The second-order valence-electron chi connectivity index (χ2n) is 7.94. The summed E-state index contributed by atoms with van der Waals surface area (Å²) in [5.74, 6) is 1.35. The molecule has 0 radical (unpaired) electrons. The highest BCUT2D eigenvalue weighted by Gasteiger charge is 2.13. The second-order valence-corrected chi connectivity index (χ2v) is 7.94. The average molecular weight is 451 g/mol. The fraction of sp³-hybridized carbons (Fsp3) is 0.200. The molecule has 0 aliphatic rings. The van der Waals surface area contributed by atoms with Gasteiger partial charge in [0.05, 0.1) is 6.04 Å². The molecule has 0 saturated heterocycles. The van der Waals surface area contributed by atoms with E-state index in [0.29, 0.717) is 5.95 Å². The number of hydrogen-bond donors (Lipinski definition) is 1. The van der Waals surface area contributed by atoms with Crippen molar-refractivity contribution in [3.8, 4) is 11.1 Å². The van der Waals surface area contributed by atoms with Crippen molar-refractivity contribution < 1.29 is 0 Å². The van der Waals surface area contributed by atoms with E-state index in [9.17, 15) is 0 Å². The Morgan fingerprint density at radius 3 is 2.29 bits per heavy atom. The molecule has 0 bridgehead atoms. The van der Waals surface area contributed by atoms with Gasteiger partial charge in [-0.3, -0.25) is 0 Å². The van der Waals surface area contributed by atoms with E-state index >= 15 is 0 Å². The molecule has 0 spiro atoms. The molecule has 1 aromatic heterocycles. The first-order valence-electron chi connectivity index (χ1n) is 11.8. The predicted octanol–water partition coefficient (Wildman–Crippen LogP) is 8.24. The monoisotopic (exact) mass is 450 g/mol. The van der Waals surface area contributed by atoms with Crippen LogP contribution in [0.3, 0.4) is 0 Å². The van der Waals surface area contributed by atoms with Crippen LogP contribution in [0.4, 0.5) is 17.5 Å².